The zero-order valence-electron chi connectivity index (χ0n) is 10.4. The molecule has 104 valence electrons. The molecule has 0 atom stereocenters. The van der Waals surface area contributed by atoms with Crippen LogP contribution in [0.1, 0.15) is 10.4 Å². The fraction of sp³-hybridized carbons (Fsp3) is 0.0769. The summed E-state index contributed by atoms with van der Waals surface area (Å²) in [5, 5.41) is 12.3. The van der Waals surface area contributed by atoms with E-state index in [2.05, 4.69) is 26.2 Å². The molecule has 20 heavy (non-hydrogen) atoms. The number of halogens is 2. The van der Waals surface area contributed by atoms with Crippen LogP contribution >= 0.6 is 27.5 Å². The first kappa shape index (κ1) is 14.6. The fourth-order valence-corrected chi connectivity index (χ4v) is 2.21. The number of methoxy groups -OCH3 is 1. The van der Waals surface area contributed by atoms with E-state index in [1.807, 2.05) is 0 Å². The van der Waals surface area contributed by atoms with Crippen molar-refractivity contribution < 1.29 is 14.6 Å². The number of nitrogens with zero attached hydrogens (tertiary/aromatic N) is 1. The van der Waals surface area contributed by atoms with E-state index in [1.165, 1.54) is 12.1 Å². The van der Waals surface area contributed by atoms with Gasteiger partial charge in [0, 0.05) is 16.2 Å². The van der Waals surface area contributed by atoms with Gasteiger partial charge in [0.15, 0.2) is 0 Å². The molecule has 2 aromatic rings. The van der Waals surface area contributed by atoms with Crippen LogP contribution in [0.25, 0.3) is 0 Å². The number of carboxylic acids is 1. The van der Waals surface area contributed by atoms with E-state index in [0.717, 1.165) is 4.47 Å². The van der Waals surface area contributed by atoms with Crippen LogP contribution < -0.4 is 10.1 Å². The van der Waals surface area contributed by atoms with Gasteiger partial charge in [-0.25, -0.2) is 9.78 Å². The van der Waals surface area contributed by atoms with Crippen LogP contribution in [0.5, 0.6) is 5.75 Å². The van der Waals surface area contributed by atoms with E-state index >= 15 is 0 Å². The number of ether oxygens (including phenoxy) is 1. The van der Waals surface area contributed by atoms with Crippen molar-refractivity contribution >= 4 is 45.0 Å². The largest absolute Gasteiger partial charge is 0.497 e. The van der Waals surface area contributed by atoms with Gasteiger partial charge in [0.25, 0.3) is 0 Å². The molecule has 0 aliphatic carbocycles. The van der Waals surface area contributed by atoms with E-state index in [4.69, 9.17) is 21.4 Å². The van der Waals surface area contributed by atoms with Crippen molar-refractivity contribution in [2.45, 2.75) is 0 Å². The van der Waals surface area contributed by atoms with Crippen LogP contribution in [0.4, 0.5) is 11.5 Å². The van der Waals surface area contributed by atoms with Crippen molar-refractivity contribution in [1.82, 2.24) is 4.98 Å². The van der Waals surface area contributed by atoms with Crippen LogP contribution in [-0.4, -0.2) is 23.2 Å². The molecular formula is C13H10BrClN2O3. The summed E-state index contributed by atoms with van der Waals surface area (Å²) in [7, 11) is 1.55. The summed E-state index contributed by atoms with van der Waals surface area (Å²) in [6.45, 7) is 0. The number of nitrogens with one attached hydrogen (secondary N) is 1. The maximum atomic E-state index is 11.2. The van der Waals surface area contributed by atoms with E-state index in [9.17, 15) is 4.79 Å². The predicted octanol–water partition coefficient (Wildman–Crippen LogP) is 3.95. The molecule has 2 rings (SSSR count). The second-order valence-corrected chi connectivity index (χ2v) is 5.14. The molecule has 7 heteroatoms. The van der Waals surface area contributed by atoms with E-state index in [1.54, 1.807) is 25.3 Å². The highest BCUT2D eigenvalue weighted by Crippen LogP contribution is 2.28. The van der Waals surface area contributed by atoms with Gasteiger partial charge in [0.1, 0.15) is 22.3 Å². The Kier molecular flexibility index (Phi) is 4.46. The molecule has 0 radical (unpaired) electrons. The van der Waals surface area contributed by atoms with Crippen molar-refractivity contribution in [1.29, 1.82) is 0 Å². The topological polar surface area (TPSA) is 71.5 Å². The van der Waals surface area contributed by atoms with E-state index in [0.29, 0.717) is 11.4 Å². The molecule has 0 aliphatic heterocycles. The number of benzene rings is 1. The predicted molar refractivity (Wildman–Crippen MR) is 80.2 cm³/mol. The first-order chi connectivity index (χ1) is 9.49. The lowest BCUT2D eigenvalue weighted by molar-refractivity contribution is 0.0697. The number of hydrogen-bond acceptors (Lipinski definition) is 4. The number of anilines is 2. The second kappa shape index (κ2) is 6.11. The first-order valence-electron chi connectivity index (χ1n) is 5.51. The highest BCUT2D eigenvalue weighted by Gasteiger charge is 2.13. The Labute approximate surface area is 128 Å². The van der Waals surface area contributed by atoms with Crippen molar-refractivity contribution in [2.24, 2.45) is 0 Å². The van der Waals surface area contributed by atoms with Gasteiger partial charge in [-0.15, -0.1) is 0 Å². The number of rotatable bonds is 4. The Bertz CT molecular complexity index is 664. The molecule has 2 N–H and O–H groups in total. The van der Waals surface area contributed by atoms with Gasteiger partial charge in [-0.3, -0.25) is 0 Å². The van der Waals surface area contributed by atoms with Crippen LogP contribution in [0.3, 0.4) is 0 Å². The number of pyridine rings is 1. The molecule has 1 heterocycles. The first-order valence-corrected chi connectivity index (χ1v) is 6.68. The Morgan fingerprint density at radius 1 is 1.40 bits per heavy atom. The van der Waals surface area contributed by atoms with Gasteiger partial charge in [0.2, 0.25) is 0 Å². The zero-order valence-corrected chi connectivity index (χ0v) is 12.7. The smallest absolute Gasteiger partial charge is 0.339 e. The van der Waals surface area contributed by atoms with Gasteiger partial charge in [0.05, 0.1) is 7.11 Å². The molecule has 0 unspecified atom stereocenters. The van der Waals surface area contributed by atoms with Gasteiger partial charge < -0.3 is 15.2 Å². The number of carbonyl (C=O) groups is 1. The molecule has 1 aromatic carbocycles. The van der Waals surface area contributed by atoms with Gasteiger partial charge >= 0.3 is 5.97 Å². The van der Waals surface area contributed by atoms with Crippen LogP contribution in [0.15, 0.2) is 34.8 Å². The van der Waals surface area contributed by atoms with E-state index < -0.39 is 5.97 Å². The molecule has 0 amide bonds. The maximum absolute atomic E-state index is 11.2. The fourth-order valence-electron chi connectivity index (χ4n) is 1.59. The lowest BCUT2D eigenvalue weighted by atomic mass is 10.2. The van der Waals surface area contributed by atoms with Crippen LogP contribution in [0, 0.1) is 0 Å². The SMILES string of the molecule is COc1cc(Br)cc(Nc2nc(Cl)ccc2C(=O)O)c1. The Balaban J connectivity index is 2.41. The van der Waals surface area contributed by atoms with Gasteiger partial charge in [-0.05, 0) is 24.3 Å². The minimum absolute atomic E-state index is 0.0355. The van der Waals surface area contributed by atoms with Crippen LogP contribution in [0.2, 0.25) is 5.15 Å². The third-order valence-electron chi connectivity index (χ3n) is 2.46. The summed E-state index contributed by atoms with van der Waals surface area (Å²) in [6.07, 6.45) is 0. The average molecular weight is 358 g/mol. The minimum Gasteiger partial charge on any atom is -0.497 e. The normalized spacial score (nSPS) is 10.2. The molecule has 0 saturated carbocycles. The van der Waals surface area contributed by atoms with Crippen LogP contribution in [-0.2, 0) is 0 Å². The number of carboxylic acid groups (broad SMARTS) is 1. The van der Waals surface area contributed by atoms with Crippen molar-refractivity contribution in [3.05, 3.63) is 45.5 Å². The van der Waals surface area contributed by atoms with E-state index in [-0.39, 0.29) is 16.5 Å². The van der Waals surface area contributed by atoms with Crippen molar-refractivity contribution in [3.8, 4) is 5.75 Å². The molecule has 0 saturated heterocycles. The minimum atomic E-state index is -1.08. The summed E-state index contributed by atoms with van der Waals surface area (Å²) in [6, 6.07) is 8.11. The molecule has 1 aromatic heterocycles. The third-order valence-corrected chi connectivity index (χ3v) is 3.13. The Morgan fingerprint density at radius 2 is 2.15 bits per heavy atom. The standard InChI is InChI=1S/C13H10BrClN2O3/c1-20-9-5-7(14)4-8(6-9)16-12-10(13(18)19)2-3-11(15)17-12/h2-6H,1H3,(H,16,17)(H,18,19). The van der Waals surface area contributed by atoms with Crippen molar-refractivity contribution in [3.63, 3.8) is 0 Å². The maximum Gasteiger partial charge on any atom is 0.339 e. The molecule has 5 nitrogen and oxygen atoms in total. The average Bonchev–Trinajstić information content (AvgIpc) is 2.37. The summed E-state index contributed by atoms with van der Waals surface area (Å²) in [5.74, 6) is -0.287. The monoisotopic (exact) mass is 356 g/mol. The number of hydrogen-bond donors (Lipinski definition) is 2. The number of aromatic nitrogens is 1. The second-order valence-electron chi connectivity index (χ2n) is 3.84. The third kappa shape index (κ3) is 3.40. The Hall–Kier alpha value is -1.79. The highest BCUT2D eigenvalue weighted by atomic mass is 79.9. The molecule has 0 aliphatic rings. The summed E-state index contributed by atoms with van der Waals surface area (Å²) in [5.41, 5.74) is 0.668. The van der Waals surface area contributed by atoms with Gasteiger partial charge in [-0.1, -0.05) is 27.5 Å². The zero-order chi connectivity index (χ0) is 14.7. The lowest BCUT2D eigenvalue weighted by Gasteiger charge is -2.10. The molecule has 0 bridgehead atoms. The van der Waals surface area contributed by atoms with Crippen molar-refractivity contribution in [2.75, 3.05) is 12.4 Å². The Morgan fingerprint density at radius 3 is 2.80 bits per heavy atom. The number of aromatic carboxylic acids is 1. The summed E-state index contributed by atoms with van der Waals surface area (Å²) < 4.78 is 5.93. The quantitative estimate of drug-likeness (QED) is 0.811. The molecule has 0 fully saturated rings. The lowest BCUT2D eigenvalue weighted by Crippen LogP contribution is -2.05. The summed E-state index contributed by atoms with van der Waals surface area (Å²) >= 11 is 9.15. The highest BCUT2D eigenvalue weighted by molar-refractivity contribution is 9.10. The molecular weight excluding hydrogens is 348 g/mol. The molecule has 0 spiro atoms. The summed E-state index contributed by atoms with van der Waals surface area (Å²) in [4.78, 5) is 15.1. The van der Waals surface area contributed by atoms with Gasteiger partial charge in [-0.2, -0.15) is 0 Å².